The van der Waals surface area contributed by atoms with E-state index in [4.69, 9.17) is 13.8 Å². The minimum Gasteiger partial charge on any atom is -0.456 e. The first kappa shape index (κ1) is 32.4. The molecule has 272 valence electrons. The number of aromatic nitrogens is 2. The molecule has 3 aromatic heterocycles. The van der Waals surface area contributed by atoms with Crippen LogP contribution in [0.1, 0.15) is 0 Å². The number of para-hydroxylation sites is 3. The van der Waals surface area contributed by atoms with Gasteiger partial charge in [0.2, 0.25) is 5.89 Å². The Morgan fingerprint density at radius 1 is 0.379 bits per heavy atom. The fourth-order valence-corrected chi connectivity index (χ4v) is 8.75. The number of fused-ring (bicyclic) bond motifs is 9. The number of furan rings is 1. The van der Waals surface area contributed by atoms with Crippen LogP contribution in [-0.2, 0) is 0 Å². The SMILES string of the molecule is c1ccc(-c2nc3c(ccc4c(-c5ccc(N(c6ccc(-n7c8ccccc8c8ccccc87)cc6)c6ccc7oc8ccccc8c7c6)cc5)cccc43)o2)cc1. The first-order valence-corrected chi connectivity index (χ1v) is 19.5. The van der Waals surface area contributed by atoms with Crippen LogP contribution in [-0.4, -0.2) is 9.55 Å². The predicted molar refractivity (Wildman–Crippen MR) is 239 cm³/mol. The lowest BCUT2D eigenvalue weighted by Crippen LogP contribution is -2.10. The van der Waals surface area contributed by atoms with E-state index < -0.39 is 0 Å². The monoisotopic (exact) mass is 743 g/mol. The Morgan fingerprint density at radius 2 is 0.983 bits per heavy atom. The third-order valence-corrected chi connectivity index (χ3v) is 11.4. The van der Waals surface area contributed by atoms with Crippen LogP contribution in [0.4, 0.5) is 17.1 Å². The number of hydrogen-bond donors (Lipinski definition) is 0. The maximum Gasteiger partial charge on any atom is 0.227 e. The Hall–Kier alpha value is -7.89. The summed E-state index contributed by atoms with van der Waals surface area (Å²) in [4.78, 5) is 7.28. The van der Waals surface area contributed by atoms with Crippen molar-refractivity contribution < 1.29 is 8.83 Å². The fourth-order valence-electron chi connectivity index (χ4n) is 8.75. The van der Waals surface area contributed by atoms with Gasteiger partial charge in [0.25, 0.3) is 0 Å². The largest absolute Gasteiger partial charge is 0.456 e. The molecule has 5 nitrogen and oxygen atoms in total. The molecule has 0 aliphatic rings. The molecule has 0 saturated heterocycles. The number of benzene rings is 9. The number of nitrogens with zero attached hydrogens (tertiary/aromatic N) is 3. The van der Waals surface area contributed by atoms with Crippen LogP contribution in [0.2, 0.25) is 0 Å². The van der Waals surface area contributed by atoms with Gasteiger partial charge >= 0.3 is 0 Å². The molecule has 0 bridgehead atoms. The molecule has 12 aromatic rings. The zero-order chi connectivity index (χ0) is 38.2. The smallest absolute Gasteiger partial charge is 0.227 e. The molecular formula is C53H33N3O2. The molecule has 0 N–H and O–H groups in total. The van der Waals surface area contributed by atoms with E-state index in [0.717, 1.165) is 83.3 Å². The van der Waals surface area contributed by atoms with Crippen LogP contribution < -0.4 is 4.90 Å². The van der Waals surface area contributed by atoms with Gasteiger partial charge in [-0.3, -0.25) is 0 Å². The van der Waals surface area contributed by atoms with E-state index in [1.807, 2.05) is 48.5 Å². The Bertz CT molecular complexity index is 3450. The molecule has 0 amide bonds. The summed E-state index contributed by atoms with van der Waals surface area (Å²) in [5, 5.41) is 6.88. The topological polar surface area (TPSA) is 47.3 Å². The van der Waals surface area contributed by atoms with Gasteiger partial charge in [0, 0.05) is 55.2 Å². The highest BCUT2D eigenvalue weighted by Crippen LogP contribution is 2.41. The molecule has 0 saturated carbocycles. The van der Waals surface area contributed by atoms with Gasteiger partial charge < -0.3 is 18.3 Å². The van der Waals surface area contributed by atoms with Gasteiger partial charge in [-0.15, -0.1) is 0 Å². The van der Waals surface area contributed by atoms with E-state index in [-0.39, 0.29) is 0 Å². The molecule has 0 aliphatic carbocycles. The summed E-state index contributed by atoms with van der Waals surface area (Å²) in [6.07, 6.45) is 0. The van der Waals surface area contributed by atoms with Crippen molar-refractivity contribution in [1.82, 2.24) is 9.55 Å². The van der Waals surface area contributed by atoms with Crippen LogP contribution in [0.15, 0.2) is 209 Å². The highest BCUT2D eigenvalue weighted by molar-refractivity contribution is 6.11. The Morgan fingerprint density at radius 3 is 1.74 bits per heavy atom. The van der Waals surface area contributed by atoms with Crippen molar-refractivity contribution in [3.05, 3.63) is 200 Å². The van der Waals surface area contributed by atoms with Gasteiger partial charge in [-0.05, 0) is 114 Å². The second-order valence-corrected chi connectivity index (χ2v) is 14.7. The summed E-state index contributed by atoms with van der Waals surface area (Å²) in [6.45, 7) is 0. The number of rotatable bonds is 6. The van der Waals surface area contributed by atoms with E-state index in [0.29, 0.717) is 5.89 Å². The lowest BCUT2D eigenvalue weighted by atomic mass is 9.97. The molecule has 0 fully saturated rings. The molecule has 12 rings (SSSR count). The zero-order valence-electron chi connectivity index (χ0n) is 31.2. The second kappa shape index (κ2) is 12.8. The molecule has 0 atom stereocenters. The Balaban J connectivity index is 0.974. The highest BCUT2D eigenvalue weighted by atomic mass is 16.3. The van der Waals surface area contributed by atoms with Gasteiger partial charge in [0.05, 0.1) is 11.0 Å². The standard InChI is InChI=1S/C53H33N3O2/c1-2-11-35(12-3-1)53-54-52-45-17-10-16-40(41(45)30-32-51(52)58-53)34-21-23-36(24-22-34)55(39-29-31-50-46(33-39)44-15-6-9-20-49(44)57-50)37-25-27-38(28-26-37)56-47-18-7-4-13-42(47)43-14-5-8-19-48(43)56/h1-33H. The number of oxazole rings is 1. The molecule has 0 unspecified atom stereocenters. The van der Waals surface area contributed by atoms with Crippen molar-refractivity contribution in [1.29, 1.82) is 0 Å². The van der Waals surface area contributed by atoms with Crippen molar-refractivity contribution in [2.24, 2.45) is 0 Å². The predicted octanol–water partition coefficient (Wildman–Crippen LogP) is 14.8. The van der Waals surface area contributed by atoms with E-state index in [1.54, 1.807) is 0 Å². The minimum atomic E-state index is 0.627. The molecule has 0 aliphatic heterocycles. The number of anilines is 3. The summed E-state index contributed by atoms with van der Waals surface area (Å²) in [6, 6.07) is 70.4. The van der Waals surface area contributed by atoms with Crippen molar-refractivity contribution in [3.63, 3.8) is 0 Å². The average molecular weight is 744 g/mol. The highest BCUT2D eigenvalue weighted by Gasteiger charge is 2.19. The summed E-state index contributed by atoms with van der Waals surface area (Å²) < 4.78 is 14.8. The normalized spacial score (nSPS) is 11.8. The van der Waals surface area contributed by atoms with Crippen LogP contribution in [0.5, 0.6) is 0 Å². The summed E-state index contributed by atoms with van der Waals surface area (Å²) >= 11 is 0. The van der Waals surface area contributed by atoms with Crippen molar-refractivity contribution in [2.75, 3.05) is 4.90 Å². The lowest BCUT2D eigenvalue weighted by molar-refractivity contribution is 0.620. The molecule has 0 spiro atoms. The first-order chi connectivity index (χ1) is 28.7. The zero-order valence-corrected chi connectivity index (χ0v) is 31.2. The van der Waals surface area contributed by atoms with Crippen LogP contribution in [0, 0.1) is 0 Å². The molecule has 58 heavy (non-hydrogen) atoms. The van der Waals surface area contributed by atoms with E-state index >= 15 is 0 Å². The van der Waals surface area contributed by atoms with E-state index in [2.05, 4.69) is 161 Å². The first-order valence-electron chi connectivity index (χ1n) is 19.5. The Kier molecular flexibility index (Phi) is 7.16. The maximum absolute atomic E-state index is 6.24. The average Bonchev–Trinajstić information content (AvgIpc) is 4.00. The van der Waals surface area contributed by atoms with Crippen molar-refractivity contribution >= 4 is 82.7 Å². The second-order valence-electron chi connectivity index (χ2n) is 14.7. The summed E-state index contributed by atoms with van der Waals surface area (Å²) in [5.74, 6) is 0.627. The van der Waals surface area contributed by atoms with Gasteiger partial charge in [-0.1, -0.05) is 103 Å². The van der Waals surface area contributed by atoms with Crippen LogP contribution in [0.3, 0.4) is 0 Å². The van der Waals surface area contributed by atoms with Gasteiger partial charge in [0.1, 0.15) is 16.7 Å². The minimum absolute atomic E-state index is 0.627. The van der Waals surface area contributed by atoms with Crippen LogP contribution >= 0.6 is 0 Å². The van der Waals surface area contributed by atoms with Crippen LogP contribution in [0.25, 0.3) is 93.9 Å². The third-order valence-electron chi connectivity index (χ3n) is 11.4. The lowest BCUT2D eigenvalue weighted by Gasteiger charge is -2.26. The van der Waals surface area contributed by atoms with Gasteiger partial charge in [0.15, 0.2) is 5.58 Å². The van der Waals surface area contributed by atoms with Crippen molar-refractivity contribution in [2.45, 2.75) is 0 Å². The number of hydrogen-bond acceptors (Lipinski definition) is 4. The van der Waals surface area contributed by atoms with Gasteiger partial charge in [-0.25, -0.2) is 4.98 Å². The summed E-state index contributed by atoms with van der Waals surface area (Å²) in [7, 11) is 0. The van der Waals surface area contributed by atoms with E-state index in [9.17, 15) is 0 Å². The third kappa shape index (κ3) is 5.07. The molecule has 3 heterocycles. The van der Waals surface area contributed by atoms with E-state index in [1.165, 1.54) is 21.8 Å². The van der Waals surface area contributed by atoms with Crippen molar-refractivity contribution in [3.8, 4) is 28.3 Å². The molecule has 5 heteroatoms. The molecule has 9 aromatic carbocycles. The Labute approximate surface area is 333 Å². The van der Waals surface area contributed by atoms with Gasteiger partial charge in [-0.2, -0.15) is 0 Å². The fraction of sp³-hybridized carbons (Fsp3) is 0. The molecule has 0 radical (unpaired) electrons. The maximum atomic E-state index is 6.24. The summed E-state index contributed by atoms with van der Waals surface area (Å²) in [5.41, 5.74) is 13.3. The quantitative estimate of drug-likeness (QED) is 0.170. The molecular weight excluding hydrogens is 711 g/mol.